The van der Waals surface area contributed by atoms with Gasteiger partial charge in [0.25, 0.3) is 0 Å². The molecule has 0 aliphatic rings. The summed E-state index contributed by atoms with van der Waals surface area (Å²) in [6, 6.07) is 9.47. The van der Waals surface area contributed by atoms with Gasteiger partial charge >= 0.3 is 0 Å². The molecule has 0 aliphatic carbocycles. The number of halogens is 1. The van der Waals surface area contributed by atoms with Crippen LogP contribution in [-0.2, 0) is 6.42 Å². The van der Waals surface area contributed by atoms with Crippen LogP contribution in [0.1, 0.15) is 12.6 Å². The van der Waals surface area contributed by atoms with E-state index in [1.165, 1.54) is 4.20 Å². The average molecular weight is 223 g/mol. The maximum Gasteiger partial charge on any atom is 0.166 e. The van der Waals surface area contributed by atoms with Crippen molar-refractivity contribution in [1.82, 2.24) is 9.30 Å². The molecule has 0 fully saturated rings. The monoisotopic (exact) mass is 222 g/mol. The highest BCUT2D eigenvalue weighted by molar-refractivity contribution is 6.16. The molecule has 0 atom stereocenters. The van der Waals surface area contributed by atoms with Crippen LogP contribution in [0, 0.1) is 0 Å². The molecule has 1 aromatic heterocycles. The normalized spacial score (nSPS) is 10.5. The molecule has 1 N–H and O–H groups in total. The lowest BCUT2D eigenvalue weighted by atomic mass is 10.1. The zero-order valence-electron chi connectivity index (χ0n) is 8.31. The standard InChI is InChI=1S/C11H11ClN2O/c1-2-9-11(15)10(14(12)13-9)8-6-4-3-5-7-8/h3-7,15H,2H2,1H3. The fourth-order valence-electron chi connectivity index (χ4n) is 1.50. The topological polar surface area (TPSA) is 38.0 Å². The van der Waals surface area contributed by atoms with Gasteiger partial charge in [-0.05, 0) is 6.42 Å². The molecular weight excluding hydrogens is 212 g/mol. The zero-order chi connectivity index (χ0) is 10.8. The Kier molecular flexibility index (Phi) is 2.64. The van der Waals surface area contributed by atoms with Crippen molar-refractivity contribution in [2.45, 2.75) is 13.3 Å². The molecule has 0 saturated carbocycles. The Hall–Kier alpha value is -1.48. The summed E-state index contributed by atoms with van der Waals surface area (Å²) in [6.45, 7) is 1.92. The molecule has 0 unspecified atom stereocenters. The number of hydrogen-bond acceptors (Lipinski definition) is 2. The van der Waals surface area contributed by atoms with Crippen LogP contribution < -0.4 is 0 Å². The minimum Gasteiger partial charge on any atom is -0.504 e. The molecule has 0 aliphatic heterocycles. The van der Waals surface area contributed by atoms with Crippen molar-refractivity contribution >= 4 is 11.8 Å². The quantitative estimate of drug-likeness (QED) is 0.849. The van der Waals surface area contributed by atoms with Crippen LogP contribution in [0.2, 0.25) is 0 Å². The summed E-state index contributed by atoms with van der Waals surface area (Å²) in [6.07, 6.45) is 0.658. The van der Waals surface area contributed by atoms with Crippen LogP contribution in [0.25, 0.3) is 11.3 Å². The second kappa shape index (κ2) is 3.95. The van der Waals surface area contributed by atoms with Gasteiger partial charge in [-0.2, -0.15) is 9.30 Å². The van der Waals surface area contributed by atoms with E-state index in [0.29, 0.717) is 17.8 Å². The molecule has 2 aromatic rings. The Morgan fingerprint density at radius 3 is 2.53 bits per heavy atom. The Morgan fingerprint density at radius 1 is 1.33 bits per heavy atom. The predicted octanol–water partition coefficient (Wildman–Crippen LogP) is 2.82. The Balaban J connectivity index is 2.58. The minimum absolute atomic E-state index is 0.165. The van der Waals surface area contributed by atoms with Gasteiger partial charge in [0.1, 0.15) is 11.4 Å². The van der Waals surface area contributed by atoms with Crippen LogP contribution in [0.15, 0.2) is 30.3 Å². The molecule has 1 aromatic carbocycles. The predicted molar refractivity (Wildman–Crippen MR) is 60.0 cm³/mol. The third-order valence-corrected chi connectivity index (χ3v) is 2.52. The molecule has 0 saturated heterocycles. The molecule has 4 heteroatoms. The Bertz CT molecular complexity index is 465. The highest BCUT2D eigenvalue weighted by Gasteiger charge is 2.16. The van der Waals surface area contributed by atoms with Crippen molar-refractivity contribution in [1.29, 1.82) is 0 Å². The van der Waals surface area contributed by atoms with E-state index in [9.17, 15) is 5.11 Å². The lowest BCUT2D eigenvalue weighted by molar-refractivity contribution is 0.471. The molecule has 78 valence electrons. The maximum absolute atomic E-state index is 9.90. The van der Waals surface area contributed by atoms with Gasteiger partial charge in [-0.3, -0.25) is 0 Å². The van der Waals surface area contributed by atoms with Crippen LogP contribution in [0.4, 0.5) is 0 Å². The fourth-order valence-corrected chi connectivity index (χ4v) is 1.77. The highest BCUT2D eigenvalue weighted by atomic mass is 35.5. The first-order valence-corrected chi connectivity index (χ1v) is 5.10. The third-order valence-electron chi connectivity index (χ3n) is 2.27. The van der Waals surface area contributed by atoms with Gasteiger partial charge in [-0.25, -0.2) is 0 Å². The lowest BCUT2D eigenvalue weighted by Crippen LogP contribution is -1.87. The summed E-state index contributed by atoms with van der Waals surface area (Å²) < 4.78 is 1.20. The van der Waals surface area contributed by atoms with Crippen molar-refractivity contribution in [2.24, 2.45) is 0 Å². The summed E-state index contributed by atoms with van der Waals surface area (Å²) in [7, 11) is 0. The van der Waals surface area contributed by atoms with Gasteiger partial charge in [0, 0.05) is 17.3 Å². The van der Waals surface area contributed by atoms with Crippen LogP contribution in [-0.4, -0.2) is 14.4 Å². The molecule has 0 spiro atoms. The number of hydrogen-bond donors (Lipinski definition) is 1. The number of rotatable bonds is 2. The summed E-state index contributed by atoms with van der Waals surface area (Å²) in [5.74, 6) is 0.165. The van der Waals surface area contributed by atoms with E-state index < -0.39 is 0 Å². The first-order chi connectivity index (χ1) is 7.24. The van der Waals surface area contributed by atoms with E-state index >= 15 is 0 Å². The summed E-state index contributed by atoms with van der Waals surface area (Å²) in [5.41, 5.74) is 2.02. The van der Waals surface area contributed by atoms with E-state index in [0.717, 1.165) is 5.56 Å². The number of nitrogens with zero attached hydrogens (tertiary/aromatic N) is 2. The van der Waals surface area contributed by atoms with E-state index in [4.69, 9.17) is 11.8 Å². The van der Waals surface area contributed by atoms with E-state index in [1.54, 1.807) is 0 Å². The van der Waals surface area contributed by atoms with Crippen LogP contribution in [0.3, 0.4) is 0 Å². The molecule has 0 radical (unpaired) electrons. The third kappa shape index (κ3) is 1.70. The number of aromatic hydroxyl groups is 1. The zero-order valence-corrected chi connectivity index (χ0v) is 9.07. The summed E-state index contributed by atoms with van der Waals surface area (Å²) in [5, 5.41) is 13.9. The smallest absolute Gasteiger partial charge is 0.166 e. The van der Waals surface area contributed by atoms with Gasteiger partial charge in [-0.1, -0.05) is 37.3 Å². The fraction of sp³-hybridized carbons (Fsp3) is 0.182. The van der Waals surface area contributed by atoms with Crippen molar-refractivity contribution in [3.05, 3.63) is 36.0 Å². The lowest BCUT2D eigenvalue weighted by Gasteiger charge is -1.99. The largest absolute Gasteiger partial charge is 0.504 e. The van der Waals surface area contributed by atoms with Crippen molar-refractivity contribution < 1.29 is 5.11 Å². The van der Waals surface area contributed by atoms with Crippen molar-refractivity contribution in [3.63, 3.8) is 0 Å². The van der Waals surface area contributed by atoms with Gasteiger partial charge in [-0.15, -0.1) is 0 Å². The van der Waals surface area contributed by atoms with Gasteiger partial charge in [0.05, 0.1) is 0 Å². The molecule has 15 heavy (non-hydrogen) atoms. The van der Waals surface area contributed by atoms with E-state index in [1.807, 2.05) is 37.3 Å². The van der Waals surface area contributed by atoms with Gasteiger partial charge < -0.3 is 5.11 Å². The highest BCUT2D eigenvalue weighted by Crippen LogP contribution is 2.32. The maximum atomic E-state index is 9.90. The molecule has 0 amide bonds. The van der Waals surface area contributed by atoms with Gasteiger partial charge in [0.15, 0.2) is 5.75 Å². The first-order valence-electron chi connectivity index (χ1n) is 4.76. The number of benzene rings is 1. The SMILES string of the molecule is CCc1nn(Cl)c(-c2ccccc2)c1O. The van der Waals surface area contributed by atoms with E-state index in [2.05, 4.69) is 5.10 Å². The van der Waals surface area contributed by atoms with Crippen LogP contribution in [0.5, 0.6) is 5.75 Å². The average Bonchev–Trinajstić information content (AvgIpc) is 2.55. The number of aryl methyl sites for hydroxylation is 1. The molecule has 0 bridgehead atoms. The van der Waals surface area contributed by atoms with E-state index in [-0.39, 0.29) is 5.75 Å². The molecular formula is C11H11ClN2O. The molecule has 2 rings (SSSR count). The number of aromatic nitrogens is 2. The molecule has 1 heterocycles. The Labute approximate surface area is 93.0 Å². The van der Waals surface area contributed by atoms with Crippen LogP contribution >= 0.6 is 11.8 Å². The molecule has 3 nitrogen and oxygen atoms in total. The second-order valence-corrected chi connectivity index (χ2v) is 3.54. The van der Waals surface area contributed by atoms with Gasteiger partial charge in [0.2, 0.25) is 0 Å². The first kappa shape index (κ1) is 10.1. The summed E-state index contributed by atoms with van der Waals surface area (Å²) in [4.78, 5) is 0. The second-order valence-electron chi connectivity index (χ2n) is 3.22. The minimum atomic E-state index is 0.165. The van der Waals surface area contributed by atoms with Crippen molar-refractivity contribution in [2.75, 3.05) is 0 Å². The van der Waals surface area contributed by atoms with Crippen molar-refractivity contribution in [3.8, 4) is 17.0 Å². The summed E-state index contributed by atoms with van der Waals surface area (Å²) >= 11 is 5.91. The Morgan fingerprint density at radius 2 is 2.00 bits per heavy atom.